The van der Waals surface area contributed by atoms with E-state index in [2.05, 4.69) is 29.5 Å². The molecule has 0 aromatic heterocycles. The average molecular weight is 486 g/mol. The molecule has 0 fully saturated rings. The van der Waals surface area contributed by atoms with Crippen molar-refractivity contribution in [2.45, 2.75) is 39.5 Å². The molecule has 150 valence electrons. The molecule has 2 rings (SSSR count). The van der Waals surface area contributed by atoms with E-state index in [9.17, 15) is 9.59 Å². The highest BCUT2D eigenvalue weighted by Crippen LogP contribution is 2.22. The van der Waals surface area contributed by atoms with Gasteiger partial charge >= 0.3 is 0 Å². The van der Waals surface area contributed by atoms with Crippen LogP contribution in [0.15, 0.2) is 29.3 Å². The minimum atomic E-state index is -0.179. The zero-order valence-electron chi connectivity index (χ0n) is 16.5. The van der Waals surface area contributed by atoms with Gasteiger partial charge in [0.1, 0.15) is 0 Å². The first-order valence-corrected chi connectivity index (χ1v) is 9.52. The number of carbonyl (C=O) groups excluding carboxylic acids is 2. The fourth-order valence-electron chi connectivity index (χ4n) is 3.08. The molecule has 0 spiro atoms. The topological polar surface area (TPSA) is 73.8 Å². The second kappa shape index (κ2) is 11.9. The quantitative estimate of drug-likeness (QED) is 0.185. The number of nitrogens with one attached hydrogen (secondary N) is 2. The maximum atomic E-state index is 12.3. The normalized spacial score (nSPS) is 13.6. The number of rotatable bonds is 9. The molecule has 27 heavy (non-hydrogen) atoms. The fourth-order valence-corrected chi connectivity index (χ4v) is 3.08. The molecule has 0 unspecified atom stereocenters. The number of nitrogens with zero attached hydrogens (tertiary/aromatic N) is 2. The molecule has 2 N–H and O–H groups in total. The Bertz CT molecular complexity index is 624. The predicted octanol–water partition coefficient (Wildman–Crippen LogP) is 3.28. The minimum absolute atomic E-state index is 0. The lowest BCUT2D eigenvalue weighted by Gasteiger charge is -2.17. The molecular formula is C20H31IN4O2. The van der Waals surface area contributed by atoms with Gasteiger partial charge in [-0.1, -0.05) is 38.8 Å². The van der Waals surface area contributed by atoms with E-state index in [0.29, 0.717) is 23.6 Å². The van der Waals surface area contributed by atoms with Crippen LogP contribution >= 0.6 is 24.0 Å². The molecule has 1 aliphatic rings. The molecule has 7 heteroatoms. The highest BCUT2D eigenvalue weighted by atomic mass is 127. The van der Waals surface area contributed by atoms with Crippen LogP contribution in [-0.2, 0) is 0 Å². The first-order valence-electron chi connectivity index (χ1n) is 9.52. The largest absolute Gasteiger partial charge is 0.356 e. The van der Waals surface area contributed by atoms with E-state index in [-0.39, 0.29) is 35.8 Å². The number of amides is 2. The van der Waals surface area contributed by atoms with Crippen molar-refractivity contribution in [3.63, 3.8) is 0 Å². The monoisotopic (exact) mass is 486 g/mol. The molecule has 2 amide bonds. The second-order valence-electron chi connectivity index (χ2n) is 6.58. The third-order valence-electron chi connectivity index (χ3n) is 4.92. The van der Waals surface area contributed by atoms with Crippen molar-refractivity contribution in [3.05, 3.63) is 35.4 Å². The number of hydrogen-bond donors (Lipinski definition) is 2. The van der Waals surface area contributed by atoms with Gasteiger partial charge in [-0.2, -0.15) is 0 Å². The second-order valence-corrected chi connectivity index (χ2v) is 6.58. The summed E-state index contributed by atoms with van der Waals surface area (Å²) in [5, 5.41) is 6.64. The lowest BCUT2D eigenvalue weighted by atomic mass is 10.0. The van der Waals surface area contributed by atoms with Crippen molar-refractivity contribution in [2.24, 2.45) is 10.9 Å². The van der Waals surface area contributed by atoms with Crippen molar-refractivity contribution in [1.29, 1.82) is 0 Å². The first kappa shape index (κ1) is 23.4. The minimum Gasteiger partial charge on any atom is -0.356 e. The van der Waals surface area contributed by atoms with Crippen LogP contribution in [0.25, 0.3) is 0 Å². The van der Waals surface area contributed by atoms with Crippen molar-refractivity contribution in [3.8, 4) is 0 Å². The Hall–Kier alpha value is -1.64. The molecule has 1 aliphatic heterocycles. The van der Waals surface area contributed by atoms with Crippen LogP contribution < -0.4 is 10.6 Å². The lowest BCUT2D eigenvalue weighted by molar-refractivity contribution is 0.0652. The van der Waals surface area contributed by atoms with Crippen molar-refractivity contribution in [2.75, 3.05) is 26.7 Å². The van der Waals surface area contributed by atoms with Crippen LogP contribution in [0.4, 0.5) is 0 Å². The standard InChI is InChI=1S/C20H30N4O2.HI/c1-4-15(5-2)14-23-20(21-3)22-12-8-9-13-24-18(25)16-10-6-7-11-17(16)19(24)26;/h6-7,10-11,15H,4-5,8-9,12-14H2,1-3H3,(H2,21,22,23);1H. The van der Waals surface area contributed by atoms with Crippen LogP contribution in [0.5, 0.6) is 0 Å². The van der Waals surface area contributed by atoms with E-state index >= 15 is 0 Å². The van der Waals surface area contributed by atoms with Gasteiger partial charge in [0.05, 0.1) is 11.1 Å². The molecule has 0 radical (unpaired) electrons. The van der Waals surface area contributed by atoms with Gasteiger partial charge in [0.15, 0.2) is 5.96 Å². The summed E-state index contributed by atoms with van der Waals surface area (Å²) in [6.07, 6.45) is 3.93. The highest BCUT2D eigenvalue weighted by molar-refractivity contribution is 14.0. The Morgan fingerprint density at radius 2 is 1.63 bits per heavy atom. The number of aliphatic imine (C=N–C) groups is 1. The summed E-state index contributed by atoms with van der Waals surface area (Å²) in [6.45, 7) is 6.53. The number of halogens is 1. The lowest BCUT2D eigenvalue weighted by Crippen LogP contribution is -2.40. The summed E-state index contributed by atoms with van der Waals surface area (Å²) in [5.74, 6) is 1.10. The van der Waals surface area contributed by atoms with Crippen molar-refractivity contribution in [1.82, 2.24) is 15.5 Å². The summed E-state index contributed by atoms with van der Waals surface area (Å²) < 4.78 is 0. The molecule has 0 atom stereocenters. The predicted molar refractivity (Wildman–Crippen MR) is 120 cm³/mol. The number of guanidine groups is 1. The molecule has 0 bridgehead atoms. The van der Waals surface area contributed by atoms with E-state index in [1.54, 1.807) is 31.3 Å². The van der Waals surface area contributed by atoms with E-state index < -0.39 is 0 Å². The molecule has 1 aromatic carbocycles. The maximum Gasteiger partial charge on any atom is 0.261 e. The third-order valence-corrected chi connectivity index (χ3v) is 4.92. The molecule has 0 saturated carbocycles. The number of imide groups is 1. The summed E-state index contributed by atoms with van der Waals surface area (Å²) in [7, 11) is 1.76. The van der Waals surface area contributed by atoms with Gasteiger partial charge in [-0.3, -0.25) is 19.5 Å². The smallest absolute Gasteiger partial charge is 0.261 e. The van der Waals surface area contributed by atoms with Gasteiger partial charge in [0.25, 0.3) is 11.8 Å². The Morgan fingerprint density at radius 1 is 1.04 bits per heavy atom. The van der Waals surface area contributed by atoms with Gasteiger partial charge in [0, 0.05) is 26.7 Å². The maximum absolute atomic E-state index is 12.3. The Kier molecular flexibility index (Phi) is 10.4. The first-order chi connectivity index (χ1) is 12.6. The van der Waals surface area contributed by atoms with Crippen LogP contribution in [-0.4, -0.2) is 49.4 Å². The van der Waals surface area contributed by atoms with E-state index in [0.717, 1.165) is 44.7 Å². The molecule has 0 aliphatic carbocycles. The van der Waals surface area contributed by atoms with Crippen LogP contribution in [0.1, 0.15) is 60.2 Å². The number of hydrogen-bond acceptors (Lipinski definition) is 3. The molecule has 1 aromatic rings. The van der Waals surface area contributed by atoms with Gasteiger partial charge in [-0.25, -0.2) is 0 Å². The number of carbonyl (C=O) groups is 2. The van der Waals surface area contributed by atoms with E-state index in [4.69, 9.17) is 0 Å². The molecule has 0 saturated heterocycles. The Balaban J connectivity index is 0.00000364. The Labute approximate surface area is 179 Å². The molecule has 1 heterocycles. The summed E-state index contributed by atoms with van der Waals surface area (Å²) in [5.41, 5.74) is 1.03. The summed E-state index contributed by atoms with van der Waals surface area (Å²) >= 11 is 0. The highest BCUT2D eigenvalue weighted by Gasteiger charge is 2.34. The number of benzene rings is 1. The summed E-state index contributed by atoms with van der Waals surface area (Å²) in [6, 6.07) is 7.01. The fraction of sp³-hybridized carbons (Fsp3) is 0.550. The summed E-state index contributed by atoms with van der Waals surface area (Å²) in [4.78, 5) is 30.2. The van der Waals surface area contributed by atoms with Crippen LogP contribution in [0.2, 0.25) is 0 Å². The van der Waals surface area contributed by atoms with E-state index in [1.165, 1.54) is 4.90 Å². The van der Waals surface area contributed by atoms with Crippen molar-refractivity contribution >= 4 is 41.8 Å². The zero-order valence-corrected chi connectivity index (χ0v) is 18.8. The molecule has 6 nitrogen and oxygen atoms in total. The van der Waals surface area contributed by atoms with Crippen LogP contribution in [0.3, 0.4) is 0 Å². The van der Waals surface area contributed by atoms with Gasteiger partial charge < -0.3 is 10.6 Å². The molecular weight excluding hydrogens is 455 g/mol. The number of unbranched alkanes of at least 4 members (excludes halogenated alkanes) is 1. The van der Waals surface area contributed by atoms with Gasteiger partial charge in [-0.05, 0) is 30.9 Å². The average Bonchev–Trinajstić information content (AvgIpc) is 2.91. The SMILES string of the molecule is CCC(CC)CNC(=NC)NCCCCN1C(=O)c2ccccc2C1=O.I. The zero-order chi connectivity index (χ0) is 18.9. The van der Waals surface area contributed by atoms with Crippen molar-refractivity contribution < 1.29 is 9.59 Å². The third kappa shape index (κ3) is 6.19. The Morgan fingerprint density at radius 3 is 2.15 bits per heavy atom. The van der Waals surface area contributed by atoms with Gasteiger partial charge in [0.2, 0.25) is 0 Å². The van der Waals surface area contributed by atoms with E-state index in [1.807, 2.05) is 0 Å². The van der Waals surface area contributed by atoms with Gasteiger partial charge in [-0.15, -0.1) is 24.0 Å². The number of fused-ring (bicyclic) bond motifs is 1. The van der Waals surface area contributed by atoms with Crippen LogP contribution in [0, 0.1) is 5.92 Å².